The van der Waals surface area contributed by atoms with Crippen LogP contribution in [0.5, 0.6) is 0 Å². The van der Waals surface area contributed by atoms with Gasteiger partial charge in [-0.3, -0.25) is 0 Å². The molecule has 0 radical (unpaired) electrons. The first-order valence-corrected chi connectivity index (χ1v) is 22.1. The number of rotatable bonds is 5. The van der Waals surface area contributed by atoms with Gasteiger partial charge in [-0.05, 0) is 0 Å². The number of benzene rings is 3. The maximum absolute atomic E-state index is 2.80. The third-order valence-electron chi connectivity index (χ3n) is 8.51. The zero-order valence-electron chi connectivity index (χ0n) is 25.6. The molecule has 2 aliphatic rings. The second-order valence-corrected chi connectivity index (χ2v) is 25.7. The third-order valence-corrected chi connectivity index (χ3v) is 17.2. The topological polar surface area (TPSA) is 0 Å². The first kappa shape index (κ1) is 28.6. The van der Waals surface area contributed by atoms with Crippen LogP contribution in [0.4, 0.5) is 0 Å². The Balaban J connectivity index is 1.71. The number of hydrogen-bond acceptors (Lipinski definition) is 0. The van der Waals surface area contributed by atoms with Gasteiger partial charge in [-0.15, -0.1) is 0 Å². The van der Waals surface area contributed by atoms with Gasteiger partial charge >= 0.3 is 248 Å². The average Bonchev–Trinajstić information content (AvgIpc) is 3.49. The summed E-state index contributed by atoms with van der Waals surface area (Å²) in [6, 6.07) is 23.6. The van der Waals surface area contributed by atoms with Crippen molar-refractivity contribution in [3.05, 3.63) is 109 Å². The van der Waals surface area contributed by atoms with Gasteiger partial charge in [-0.25, -0.2) is 0 Å². The molecule has 0 unspecified atom stereocenters. The van der Waals surface area contributed by atoms with Crippen LogP contribution in [-0.4, -0.2) is 11.8 Å². The first-order chi connectivity index (χ1) is 18.2. The Morgan fingerprint density at radius 1 is 0.795 bits per heavy atom. The van der Waals surface area contributed by atoms with Gasteiger partial charge in [0.25, 0.3) is 0 Å². The van der Waals surface area contributed by atoms with Gasteiger partial charge in [-0.1, -0.05) is 0 Å². The molecule has 0 aliphatic heterocycles. The van der Waals surface area contributed by atoms with E-state index in [-0.39, 0.29) is 10.8 Å². The molecule has 0 aromatic heterocycles. The standard InChI is InChI=1S/C21H25.C8H13Si.C8H8.Zr/c1-20(2,3)16-9-7-14-11-15-8-10-17(21(4,5)6)13-19(15)18(14)12-16;1-9(2,3)8-6-4-5-7-8;1-2-8-6-4-3-5-7-8;/h7,9-10,12-13H,11H2,1-6H3;6-7H,4H2,1-3H3;1,3-7H,2H2;. The van der Waals surface area contributed by atoms with Crippen LogP contribution in [0.3, 0.4) is 0 Å². The van der Waals surface area contributed by atoms with Crippen molar-refractivity contribution in [2.24, 2.45) is 0 Å². The van der Waals surface area contributed by atoms with E-state index in [1.165, 1.54) is 33.4 Å². The van der Waals surface area contributed by atoms with E-state index in [2.05, 4.69) is 138 Å². The number of hydrogen-bond donors (Lipinski definition) is 0. The summed E-state index contributed by atoms with van der Waals surface area (Å²) in [5.74, 6) is 0. The fourth-order valence-electron chi connectivity index (χ4n) is 5.90. The summed E-state index contributed by atoms with van der Waals surface area (Å²) in [4.78, 5) is 0. The molecule has 202 valence electrons. The second-order valence-electron chi connectivity index (χ2n) is 14.7. The van der Waals surface area contributed by atoms with Crippen molar-refractivity contribution < 1.29 is 21.3 Å². The minimum atomic E-state index is -2.32. The Kier molecular flexibility index (Phi) is 7.71. The molecule has 0 N–H and O–H groups in total. The molecule has 0 nitrogen and oxygen atoms in total. The van der Waals surface area contributed by atoms with Crippen LogP contribution in [0.25, 0.3) is 11.1 Å². The Labute approximate surface area is 246 Å². The van der Waals surface area contributed by atoms with Crippen molar-refractivity contribution in [3.8, 4) is 11.1 Å². The molecule has 0 bridgehead atoms. The quantitative estimate of drug-likeness (QED) is 0.198. The van der Waals surface area contributed by atoms with Crippen LogP contribution in [0, 0.1) is 0 Å². The molecule has 2 aliphatic carbocycles. The van der Waals surface area contributed by atoms with Gasteiger partial charge in [0, 0.05) is 0 Å². The summed E-state index contributed by atoms with van der Waals surface area (Å²) in [7, 11) is -1.33. The zero-order chi connectivity index (χ0) is 28.2. The minimum absolute atomic E-state index is 0.119. The Morgan fingerprint density at radius 3 is 2.08 bits per heavy atom. The monoisotopic (exact) mass is 608 g/mol. The molecule has 0 spiro atoms. The van der Waals surface area contributed by atoms with E-state index >= 15 is 0 Å². The number of allylic oxidation sites excluding steroid dienone is 4. The van der Waals surface area contributed by atoms with Crippen LogP contribution < -0.4 is 3.27 Å². The molecular formula is C37H46SiZr. The third kappa shape index (κ3) is 6.08. The zero-order valence-corrected chi connectivity index (χ0v) is 29.1. The van der Waals surface area contributed by atoms with Crippen LogP contribution in [-0.2, 0) is 44.9 Å². The van der Waals surface area contributed by atoms with Crippen molar-refractivity contribution in [1.29, 1.82) is 0 Å². The molecule has 3 aromatic rings. The van der Waals surface area contributed by atoms with Gasteiger partial charge in [0.2, 0.25) is 0 Å². The van der Waals surface area contributed by atoms with Gasteiger partial charge in [0.1, 0.15) is 0 Å². The normalized spacial score (nSPS) is 15.7. The maximum atomic E-state index is 2.80. The average molecular weight is 610 g/mol. The Morgan fingerprint density at radius 2 is 1.46 bits per heavy atom. The second kappa shape index (κ2) is 10.5. The van der Waals surface area contributed by atoms with E-state index in [0.29, 0.717) is 0 Å². The predicted octanol–water partition coefficient (Wildman–Crippen LogP) is 9.23. The molecule has 0 amide bonds. The summed E-state index contributed by atoms with van der Waals surface area (Å²) < 4.78 is 6.29. The summed E-state index contributed by atoms with van der Waals surface area (Å²) >= 11 is -2.32. The summed E-state index contributed by atoms with van der Waals surface area (Å²) in [5.41, 5.74) is 10.8. The molecule has 0 saturated carbocycles. The van der Waals surface area contributed by atoms with Crippen molar-refractivity contribution in [2.45, 2.75) is 91.3 Å². The fourth-order valence-corrected chi connectivity index (χ4v) is 14.4. The molecule has 2 heteroatoms. The van der Waals surface area contributed by atoms with E-state index in [0.717, 1.165) is 19.3 Å². The van der Waals surface area contributed by atoms with Gasteiger partial charge < -0.3 is 0 Å². The van der Waals surface area contributed by atoms with E-state index in [1.54, 1.807) is 17.3 Å². The molecule has 0 atom stereocenters. The van der Waals surface area contributed by atoms with Crippen molar-refractivity contribution >= 4 is 15.1 Å². The molecule has 0 fully saturated rings. The van der Waals surface area contributed by atoms with Crippen LogP contribution in [0.1, 0.15) is 75.8 Å². The van der Waals surface area contributed by atoms with Gasteiger partial charge in [0.15, 0.2) is 0 Å². The molecule has 3 aromatic carbocycles. The van der Waals surface area contributed by atoms with Gasteiger partial charge in [-0.2, -0.15) is 0 Å². The van der Waals surface area contributed by atoms with Crippen molar-refractivity contribution in [1.82, 2.24) is 0 Å². The summed E-state index contributed by atoms with van der Waals surface area (Å²) in [6.45, 7) is 21.6. The molecule has 0 heterocycles. The van der Waals surface area contributed by atoms with Gasteiger partial charge in [0.05, 0.1) is 0 Å². The summed E-state index contributed by atoms with van der Waals surface area (Å²) in [6.07, 6.45) is 8.56. The Bertz CT molecular complexity index is 1500. The molecule has 39 heavy (non-hydrogen) atoms. The van der Waals surface area contributed by atoms with Crippen LogP contribution >= 0.6 is 0 Å². The molecule has 5 rings (SSSR count). The van der Waals surface area contributed by atoms with Crippen LogP contribution in [0.15, 0.2) is 81.3 Å². The SMILES string of the molecule is CC(C)(C)c1ccc2c(c1)-c1cc(C(C)(C)C)c[c](/[Zr](=[CH]\Cc3ccccc3)[C]3=CC([Si](C)(C)C)=CC3)c1C2. The fraction of sp³-hybridized carbons (Fsp3) is 0.378. The number of fused-ring (bicyclic) bond motifs is 3. The van der Waals surface area contributed by atoms with E-state index in [1.807, 2.05) is 0 Å². The first-order valence-electron chi connectivity index (χ1n) is 14.7. The van der Waals surface area contributed by atoms with Crippen molar-refractivity contribution in [2.75, 3.05) is 0 Å². The van der Waals surface area contributed by atoms with E-state index in [4.69, 9.17) is 0 Å². The Hall–Kier alpha value is -1.89. The van der Waals surface area contributed by atoms with E-state index < -0.39 is 29.3 Å². The van der Waals surface area contributed by atoms with E-state index in [9.17, 15) is 0 Å². The predicted molar refractivity (Wildman–Crippen MR) is 172 cm³/mol. The van der Waals surface area contributed by atoms with Crippen molar-refractivity contribution in [3.63, 3.8) is 0 Å². The molecule has 0 saturated heterocycles. The summed E-state index contributed by atoms with van der Waals surface area (Å²) in [5, 5.41) is 1.66. The molecular weight excluding hydrogens is 564 g/mol. The van der Waals surface area contributed by atoms with Crippen LogP contribution in [0.2, 0.25) is 19.6 Å².